The maximum absolute atomic E-state index is 13.4. The summed E-state index contributed by atoms with van der Waals surface area (Å²) in [6.07, 6.45) is 1.55. The van der Waals surface area contributed by atoms with Crippen LogP contribution < -0.4 is 14.4 Å². The van der Waals surface area contributed by atoms with Gasteiger partial charge in [0.2, 0.25) is 0 Å². The first-order valence-electron chi connectivity index (χ1n) is 12.8. The molecule has 0 amide bonds. The lowest BCUT2D eigenvalue weighted by Gasteiger charge is -2.34. The van der Waals surface area contributed by atoms with E-state index in [4.69, 9.17) is 4.74 Å². The van der Waals surface area contributed by atoms with E-state index in [1.807, 2.05) is 11.9 Å². The second-order valence-corrected chi connectivity index (χ2v) is 9.76. The van der Waals surface area contributed by atoms with Gasteiger partial charge in [-0.05, 0) is 43.8 Å². The number of ether oxygens (including phenoxy) is 2. The average Bonchev–Trinajstić information content (AvgIpc) is 3.43. The van der Waals surface area contributed by atoms with E-state index >= 15 is 0 Å². The van der Waals surface area contributed by atoms with Crippen LogP contribution in [-0.2, 0) is 6.42 Å². The number of ketones is 1. The number of pyridine rings is 2. The molecule has 214 valence electrons. The number of hydrogen-bond acceptors (Lipinski definition) is 9. The Morgan fingerprint density at radius 1 is 1.00 bits per heavy atom. The first kappa shape index (κ1) is 28.0. The van der Waals surface area contributed by atoms with Crippen LogP contribution in [0.3, 0.4) is 0 Å². The highest BCUT2D eigenvalue weighted by molar-refractivity contribution is 5.98. The van der Waals surface area contributed by atoms with Gasteiger partial charge in [-0.1, -0.05) is 5.21 Å². The van der Waals surface area contributed by atoms with E-state index in [0.717, 1.165) is 19.2 Å². The van der Waals surface area contributed by atoms with Crippen molar-refractivity contribution in [1.29, 1.82) is 0 Å². The number of nitrogens with zero attached hydrogens (tertiary/aromatic N) is 7. The standard InChI is InChI=1S/C28H28F3N7O3/c1-18-26(38-17-25(34-35-38)21-12-24(40-3)16-32-15-21)8-19(14-33-18)9-27(39)20-10-22(37-6-4-36(2)5-7-37)13-23(11-20)41-28(29,30)31/h8,10-17H,4-7,9H2,1-3H3. The highest BCUT2D eigenvalue weighted by Gasteiger charge is 2.32. The van der Waals surface area contributed by atoms with Crippen molar-refractivity contribution in [2.75, 3.05) is 45.2 Å². The number of anilines is 1. The summed E-state index contributed by atoms with van der Waals surface area (Å²) in [7, 11) is 3.53. The maximum atomic E-state index is 13.4. The van der Waals surface area contributed by atoms with E-state index in [2.05, 4.69) is 29.9 Å². The van der Waals surface area contributed by atoms with Gasteiger partial charge in [-0.15, -0.1) is 18.3 Å². The van der Waals surface area contributed by atoms with E-state index < -0.39 is 12.1 Å². The molecule has 5 rings (SSSR count). The van der Waals surface area contributed by atoms with Crippen molar-refractivity contribution >= 4 is 11.5 Å². The summed E-state index contributed by atoms with van der Waals surface area (Å²) in [4.78, 5) is 26.0. The van der Waals surface area contributed by atoms with Crippen LogP contribution in [-0.4, -0.2) is 82.3 Å². The molecule has 1 aromatic carbocycles. The molecular weight excluding hydrogens is 539 g/mol. The van der Waals surface area contributed by atoms with Crippen LogP contribution in [0.2, 0.25) is 0 Å². The molecule has 4 aromatic rings. The number of Topliss-reactive ketones (excluding diaryl/α,β-unsaturated/α-hetero) is 1. The minimum atomic E-state index is -4.88. The Bertz CT molecular complexity index is 1550. The van der Waals surface area contributed by atoms with Crippen molar-refractivity contribution in [3.8, 4) is 28.4 Å². The summed E-state index contributed by atoms with van der Waals surface area (Å²) in [5.74, 6) is -0.218. The van der Waals surface area contributed by atoms with Crippen LogP contribution in [0.15, 0.2) is 55.1 Å². The molecule has 13 heteroatoms. The lowest BCUT2D eigenvalue weighted by Crippen LogP contribution is -2.44. The number of alkyl halides is 3. The van der Waals surface area contributed by atoms with Gasteiger partial charge < -0.3 is 19.3 Å². The van der Waals surface area contributed by atoms with Gasteiger partial charge in [-0.3, -0.25) is 14.8 Å². The summed E-state index contributed by atoms with van der Waals surface area (Å²) >= 11 is 0. The average molecular weight is 568 g/mol. The van der Waals surface area contributed by atoms with Gasteiger partial charge in [0.15, 0.2) is 5.78 Å². The quantitative estimate of drug-likeness (QED) is 0.291. The van der Waals surface area contributed by atoms with Crippen LogP contribution in [0.5, 0.6) is 11.5 Å². The zero-order chi connectivity index (χ0) is 29.1. The SMILES string of the molecule is COc1cncc(-c2cn(-c3cc(CC(=O)c4cc(OC(F)(F)F)cc(N5CCN(C)CC5)c4)cnc3C)nn2)c1. The van der Waals surface area contributed by atoms with Crippen molar-refractivity contribution in [2.45, 2.75) is 19.7 Å². The number of hydrogen-bond donors (Lipinski definition) is 0. The number of methoxy groups -OCH3 is 1. The van der Waals surface area contributed by atoms with Gasteiger partial charge in [-0.25, -0.2) is 4.68 Å². The molecule has 0 N–H and O–H groups in total. The first-order valence-corrected chi connectivity index (χ1v) is 12.8. The fourth-order valence-electron chi connectivity index (χ4n) is 4.55. The molecule has 1 aliphatic rings. The fraction of sp³-hybridized carbons (Fsp3) is 0.321. The van der Waals surface area contributed by atoms with Gasteiger partial charge in [0.1, 0.15) is 17.2 Å². The zero-order valence-corrected chi connectivity index (χ0v) is 22.7. The van der Waals surface area contributed by atoms with Gasteiger partial charge in [0.25, 0.3) is 0 Å². The molecule has 3 aromatic heterocycles. The molecule has 4 heterocycles. The summed E-state index contributed by atoms with van der Waals surface area (Å²) < 4.78 is 50.2. The van der Waals surface area contributed by atoms with Gasteiger partial charge >= 0.3 is 6.36 Å². The molecule has 0 spiro atoms. The summed E-state index contributed by atoms with van der Waals surface area (Å²) in [5, 5.41) is 8.44. The number of halogens is 3. The second-order valence-electron chi connectivity index (χ2n) is 9.76. The Kier molecular flexibility index (Phi) is 7.88. The highest BCUT2D eigenvalue weighted by Crippen LogP contribution is 2.30. The number of benzene rings is 1. The van der Waals surface area contributed by atoms with Crippen LogP contribution in [0.1, 0.15) is 21.6 Å². The minimum absolute atomic E-state index is 0.0840. The van der Waals surface area contributed by atoms with Gasteiger partial charge in [0.05, 0.1) is 30.9 Å². The number of likely N-dealkylation sites (N-methyl/N-ethyl adjacent to an activating group) is 1. The molecule has 1 saturated heterocycles. The Morgan fingerprint density at radius 2 is 1.78 bits per heavy atom. The predicted octanol–water partition coefficient (Wildman–Crippen LogP) is 4.12. The molecule has 10 nitrogen and oxygen atoms in total. The number of aryl methyl sites for hydroxylation is 1. The molecule has 0 aliphatic carbocycles. The largest absolute Gasteiger partial charge is 0.573 e. The first-order chi connectivity index (χ1) is 19.6. The topological polar surface area (TPSA) is 98.5 Å². The third-order valence-electron chi connectivity index (χ3n) is 6.78. The van der Waals surface area contributed by atoms with Crippen molar-refractivity contribution < 1.29 is 27.4 Å². The molecule has 41 heavy (non-hydrogen) atoms. The summed E-state index contributed by atoms with van der Waals surface area (Å²) in [6, 6.07) is 7.62. The van der Waals surface area contributed by atoms with E-state index in [0.29, 0.717) is 52.7 Å². The maximum Gasteiger partial charge on any atom is 0.573 e. The second kappa shape index (κ2) is 11.5. The molecule has 0 bridgehead atoms. The monoisotopic (exact) mass is 567 g/mol. The Morgan fingerprint density at radius 3 is 2.51 bits per heavy atom. The number of carbonyl (C=O) groups is 1. The molecule has 0 saturated carbocycles. The van der Waals surface area contributed by atoms with Crippen LogP contribution in [0, 0.1) is 6.92 Å². The Labute approximate surface area is 234 Å². The van der Waals surface area contributed by atoms with E-state index in [1.165, 1.54) is 6.07 Å². The lowest BCUT2D eigenvalue weighted by molar-refractivity contribution is -0.274. The lowest BCUT2D eigenvalue weighted by atomic mass is 10.0. The van der Waals surface area contributed by atoms with Gasteiger partial charge in [-0.2, -0.15) is 0 Å². The third-order valence-corrected chi connectivity index (χ3v) is 6.78. The zero-order valence-electron chi connectivity index (χ0n) is 22.7. The van der Waals surface area contributed by atoms with E-state index in [1.54, 1.807) is 61.7 Å². The number of rotatable bonds is 8. The molecule has 0 radical (unpaired) electrons. The molecule has 0 unspecified atom stereocenters. The van der Waals surface area contributed by atoms with Crippen LogP contribution in [0.25, 0.3) is 16.9 Å². The molecule has 0 atom stereocenters. The van der Waals surface area contributed by atoms with E-state index in [9.17, 15) is 18.0 Å². The van der Waals surface area contributed by atoms with Gasteiger partial charge in [0, 0.05) is 67.9 Å². The van der Waals surface area contributed by atoms with Crippen molar-refractivity contribution in [3.05, 3.63) is 71.9 Å². The highest BCUT2D eigenvalue weighted by atomic mass is 19.4. The summed E-state index contributed by atoms with van der Waals surface area (Å²) in [5.41, 5.74) is 3.74. The van der Waals surface area contributed by atoms with Crippen molar-refractivity contribution in [2.24, 2.45) is 0 Å². The number of piperazine rings is 1. The number of carbonyl (C=O) groups excluding carboxylic acids is 1. The van der Waals surface area contributed by atoms with Crippen LogP contribution >= 0.6 is 0 Å². The van der Waals surface area contributed by atoms with Crippen LogP contribution in [0.4, 0.5) is 18.9 Å². The Hall–Kier alpha value is -4.52. The van der Waals surface area contributed by atoms with Crippen molar-refractivity contribution in [1.82, 2.24) is 29.9 Å². The minimum Gasteiger partial charge on any atom is -0.495 e. The fourth-order valence-corrected chi connectivity index (χ4v) is 4.55. The Balaban J connectivity index is 1.40. The number of aromatic nitrogens is 5. The normalized spacial score (nSPS) is 14.2. The van der Waals surface area contributed by atoms with E-state index in [-0.39, 0.29) is 17.8 Å². The predicted molar refractivity (Wildman–Crippen MR) is 145 cm³/mol. The molecular formula is C28H28F3N7O3. The third kappa shape index (κ3) is 6.80. The van der Waals surface area contributed by atoms with Crippen molar-refractivity contribution in [3.63, 3.8) is 0 Å². The summed E-state index contributed by atoms with van der Waals surface area (Å²) in [6.45, 7) is 4.55. The molecule has 1 fully saturated rings. The molecule has 1 aliphatic heterocycles. The smallest absolute Gasteiger partial charge is 0.495 e.